The van der Waals surface area contributed by atoms with E-state index in [0.717, 1.165) is 21.7 Å². The van der Waals surface area contributed by atoms with Gasteiger partial charge in [0, 0.05) is 42.1 Å². The van der Waals surface area contributed by atoms with Crippen molar-refractivity contribution in [3.05, 3.63) is 89.5 Å². The Kier molecular flexibility index (Phi) is 4.76. The SMILES string of the molecule is Cn1cc(-c2nc(C(=O)OC(c3ccccc3)c3ccncc3)cs2)cn1. The predicted octanol–water partition coefficient (Wildman–Crippen LogP) is 3.89. The van der Waals surface area contributed by atoms with Crippen LogP contribution in [0.1, 0.15) is 27.7 Å². The Bertz CT molecular complexity index is 1000. The average molecular weight is 376 g/mol. The molecule has 0 aliphatic carbocycles. The van der Waals surface area contributed by atoms with E-state index in [2.05, 4.69) is 15.1 Å². The molecule has 0 fully saturated rings. The lowest BCUT2D eigenvalue weighted by Gasteiger charge is -2.18. The summed E-state index contributed by atoms with van der Waals surface area (Å²) in [6.45, 7) is 0. The highest BCUT2D eigenvalue weighted by Crippen LogP contribution is 2.28. The number of nitrogens with zero attached hydrogens (tertiary/aromatic N) is 4. The van der Waals surface area contributed by atoms with Crippen molar-refractivity contribution in [3.8, 4) is 10.6 Å². The maximum absolute atomic E-state index is 12.7. The number of hydrogen-bond acceptors (Lipinski definition) is 6. The number of rotatable bonds is 5. The molecule has 0 radical (unpaired) electrons. The summed E-state index contributed by atoms with van der Waals surface area (Å²) in [5.41, 5.74) is 2.90. The van der Waals surface area contributed by atoms with Gasteiger partial charge < -0.3 is 4.74 Å². The number of pyridine rings is 1. The van der Waals surface area contributed by atoms with Gasteiger partial charge in [-0.2, -0.15) is 5.10 Å². The summed E-state index contributed by atoms with van der Waals surface area (Å²) in [6, 6.07) is 13.3. The van der Waals surface area contributed by atoms with Crippen LogP contribution in [0.4, 0.5) is 0 Å². The van der Waals surface area contributed by atoms with Crippen LogP contribution in [0.5, 0.6) is 0 Å². The second kappa shape index (κ2) is 7.51. The second-order valence-corrected chi connectivity index (χ2v) is 6.78. The molecule has 1 atom stereocenters. The molecular weight excluding hydrogens is 360 g/mol. The zero-order valence-corrected chi connectivity index (χ0v) is 15.3. The highest BCUT2D eigenvalue weighted by atomic mass is 32.1. The Balaban J connectivity index is 1.60. The van der Waals surface area contributed by atoms with Crippen molar-refractivity contribution in [2.24, 2.45) is 7.05 Å². The molecular formula is C20H16N4O2S. The van der Waals surface area contributed by atoms with Gasteiger partial charge in [-0.25, -0.2) is 9.78 Å². The van der Waals surface area contributed by atoms with Gasteiger partial charge in [0.1, 0.15) is 5.01 Å². The molecule has 3 heterocycles. The van der Waals surface area contributed by atoms with E-state index in [-0.39, 0.29) is 5.69 Å². The first-order valence-electron chi connectivity index (χ1n) is 8.31. The molecule has 4 aromatic rings. The van der Waals surface area contributed by atoms with Crippen LogP contribution in [0.15, 0.2) is 72.6 Å². The molecule has 6 nitrogen and oxygen atoms in total. The van der Waals surface area contributed by atoms with Crippen molar-refractivity contribution in [1.82, 2.24) is 19.7 Å². The van der Waals surface area contributed by atoms with Crippen LogP contribution < -0.4 is 0 Å². The van der Waals surface area contributed by atoms with E-state index in [1.807, 2.05) is 55.7 Å². The fourth-order valence-corrected chi connectivity index (χ4v) is 3.46. The van der Waals surface area contributed by atoms with E-state index < -0.39 is 12.1 Å². The Morgan fingerprint density at radius 2 is 1.85 bits per heavy atom. The number of aryl methyl sites for hydroxylation is 1. The molecule has 3 aromatic heterocycles. The summed E-state index contributed by atoms with van der Waals surface area (Å²) >= 11 is 1.39. The van der Waals surface area contributed by atoms with Crippen molar-refractivity contribution >= 4 is 17.3 Å². The molecule has 1 aromatic carbocycles. The van der Waals surface area contributed by atoms with Crippen molar-refractivity contribution in [3.63, 3.8) is 0 Å². The highest BCUT2D eigenvalue weighted by molar-refractivity contribution is 7.13. The highest BCUT2D eigenvalue weighted by Gasteiger charge is 2.22. The lowest BCUT2D eigenvalue weighted by molar-refractivity contribution is 0.0372. The van der Waals surface area contributed by atoms with Gasteiger partial charge in [0.25, 0.3) is 0 Å². The van der Waals surface area contributed by atoms with Gasteiger partial charge in [-0.15, -0.1) is 11.3 Å². The normalized spacial score (nSPS) is 11.9. The third-order valence-corrected chi connectivity index (χ3v) is 4.89. The molecule has 0 aliphatic heterocycles. The van der Waals surface area contributed by atoms with Crippen LogP contribution in [0.3, 0.4) is 0 Å². The number of carbonyl (C=O) groups excluding carboxylic acids is 1. The van der Waals surface area contributed by atoms with Crippen LogP contribution in [0.25, 0.3) is 10.6 Å². The van der Waals surface area contributed by atoms with Gasteiger partial charge >= 0.3 is 5.97 Å². The average Bonchev–Trinajstić information content (AvgIpc) is 3.36. The molecule has 4 rings (SSSR count). The number of ether oxygens (including phenoxy) is 1. The number of esters is 1. The number of carbonyl (C=O) groups is 1. The molecule has 0 spiro atoms. The van der Waals surface area contributed by atoms with E-state index in [4.69, 9.17) is 4.74 Å². The molecule has 134 valence electrons. The molecule has 0 saturated carbocycles. The van der Waals surface area contributed by atoms with Crippen molar-refractivity contribution in [2.75, 3.05) is 0 Å². The molecule has 0 N–H and O–H groups in total. The summed E-state index contributed by atoms with van der Waals surface area (Å²) < 4.78 is 7.52. The largest absolute Gasteiger partial charge is 0.448 e. The zero-order chi connectivity index (χ0) is 18.6. The van der Waals surface area contributed by atoms with Gasteiger partial charge in [0.2, 0.25) is 0 Å². The van der Waals surface area contributed by atoms with Gasteiger partial charge in [0.15, 0.2) is 11.8 Å². The van der Waals surface area contributed by atoms with Crippen LogP contribution in [0, 0.1) is 0 Å². The molecule has 0 aliphatic rings. The van der Waals surface area contributed by atoms with Crippen LogP contribution in [0.2, 0.25) is 0 Å². The van der Waals surface area contributed by atoms with Crippen molar-refractivity contribution in [1.29, 1.82) is 0 Å². The number of aromatic nitrogens is 4. The Morgan fingerprint density at radius 1 is 1.11 bits per heavy atom. The molecule has 0 amide bonds. The summed E-state index contributed by atoms with van der Waals surface area (Å²) in [6.07, 6.45) is 6.42. The number of hydrogen-bond donors (Lipinski definition) is 0. The van der Waals surface area contributed by atoms with Gasteiger partial charge in [-0.1, -0.05) is 30.3 Å². The van der Waals surface area contributed by atoms with Gasteiger partial charge in [0.05, 0.1) is 6.20 Å². The minimum atomic E-state index is -0.523. The lowest BCUT2D eigenvalue weighted by Crippen LogP contribution is -2.13. The van der Waals surface area contributed by atoms with E-state index in [9.17, 15) is 4.79 Å². The molecule has 0 saturated heterocycles. The predicted molar refractivity (Wildman–Crippen MR) is 102 cm³/mol. The molecule has 0 bridgehead atoms. The Labute approximate surface area is 160 Å². The minimum Gasteiger partial charge on any atom is -0.448 e. The van der Waals surface area contributed by atoms with Gasteiger partial charge in [-0.05, 0) is 17.7 Å². The van der Waals surface area contributed by atoms with Crippen LogP contribution in [-0.4, -0.2) is 25.7 Å². The number of benzene rings is 1. The topological polar surface area (TPSA) is 69.9 Å². The van der Waals surface area contributed by atoms with Crippen LogP contribution >= 0.6 is 11.3 Å². The maximum Gasteiger partial charge on any atom is 0.358 e. The third kappa shape index (κ3) is 3.78. The van der Waals surface area contributed by atoms with E-state index in [1.54, 1.807) is 28.7 Å². The summed E-state index contributed by atoms with van der Waals surface area (Å²) in [4.78, 5) is 21.2. The fourth-order valence-electron chi connectivity index (χ4n) is 2.69. The monoisotopic (exact) mass is 376 g/mol. The van der Waals surface area contributed by atoms with Crippen molar-refractivity contribution in [2.45, 2.75) is 6.10 Å². The van der Waals surface area contributed by atoms with E-state index >= 15 is 0 Å². The minimum absolute atomic E-state index is 0.286. The fraction of sp³-hybridized carbons (Fsp3) is 0.100. The third-order valence-electron chi connectivity index (χ3n) is 4.00. The Hall–Kier alpha value is -3.32. The smallest absolute Gasteiger partial charge is 0.358 e. The lowest BCUT2D eigenvalue weighted by atomic mass is 10.0. The quantitative estimate of drug-likeness (QED) is 0.494. The maximum atomic E-state index is 12.7. The summed E-state index contributed by atoms with van der Waals surface area (Å²) in [5, 5.41) is 6.58. The summed E-state index contributed by atoms with van der Waals surface area (Å²) in [7, 11) is 1.84. The van der Waals surface area contributed by atoms with E-state index in [1.165, 1.54) is 11.3 Å². The van der Waals surface area contributed by atoms with Crippen molar-refractivity contribution < 1.29 is 9.53 Å². The zero-order valence-electron chi connectivity index (χ0n) is 14.5. The first kappa shape index (κ1) is 17.1. The first-order chi connectivity index (χ1) is 13.2. The number of thiazole rings is 1. The van der Waals surface area contributed by atoms with E-state index in [0.29, 0.717) is 0 Å². The first-order valence-corrected chi connectivity index (χ1v) is 9.19. The second-order valence-electron chi connectivity index (χ2n) is 5.92. The van der Waals surface area contributed by atoms with Gasteiger partial charge in [-0.3, -0.25) is 9.67 Å². The molecule has 27 heavy (non-hydrogen) atoms. The van der Waals surface area contributed by atoms with Crippen LogP contribution in [-0.2, 0) is 11.8 Å². The Morgan fingerprint density at radius 3 is 2.56 bits per heavy atom. The summed E-state index contributed by atoms with van der Waals surface area (Å²) in [5.74, 6) is -0.466. The molecule has 1 unspecified atom stereocenters. The molecule has 7 heteroatoms. The standard InChI is InChI=1S/C20H16N4O2S/c1-24-12-16(11-22-24)19-23-17(13-27-19)20(25)26-18(14-5-3-2-4-6-14)15-7-9-21-10-8-15/h2-13,18H,1H3.